The number of nitrogens with zero attached hydrogens (tertiary/aromatic N) is 4. The van der Waals surface area contributed by atoms with E-state index in [0.717, 1.165) is 25.1 Å². The lowest BCUT2D eigenvalue weighted by atomic mass is 9.96. The summed E-state index contributed by atoms with van der Waals surface area (Å²) < 4.78 is 45.6. The first kappa shape index (κ1) is 19.5. The summed E-state index contributed by atoms with van der Waals surface area (Å²) in [6.45, 7) is 0.206. The van der Waals surface area contributed by atoms with E-state index in [1.165, 1.54) is 12.5 Å². The Morgan fingerprint density at radius 1 is 1.21 bits per heavy atom. The minimum atomic E-state index is -4.49. The molecular formula is C19H17ClF3N5O. The number of ether oxygens (including phenoxy) is 1. The monoisotopic (exact) mass is 423 g/mol. The summed E-state index contributed by atoms with van der Waals surface area (Å²) in [5, 5.41) is 11.5. The van der Waals surface area contributed by atoms with Crippen LogP contribution in [-0.4, -0.2) is 26.1 Å². The Kier molecular flexibility index (Phi) is 5.31. The summed E-state index contributed by atoms with van der Waals surface area (Å²) >= 11 is 6.31. The predicted octanol–water partition coefficient (Wildman–Crippen LogP) is 4.88. The number of hydrogen-bond donors (Lipinski definition) is 1. The van der Waals surface area contributed by atoms with Gasteiger partial charge in [-0.1, -0.05) is 16.8 Å². The van der Waals surface area contributed by atoms with E-state index in [1.807, 2.05) is 6.07 Å². The van der Waals surface area contributed by atoms with E-state index >= 15 is 0 Å². The maximum absolute atomic E-state index is 12.7. The highest BCUT2D eigenvalue weighted by Crippen LogP contribution is 2.32. The largest absolute Gasteiger partial charge is 0.489 e. The molecule has 0 amide bonds. The van der Waals surface area contributed by atoms with Crippen LogP contribution in [0.2, 0.25) is 5.02 Å². The standard InChI is InChI=1S/C19H17ClF3N5O/c20-16-9-14(4-5-17(16)29-15-2-1-3-15)28-11-13(26-27-28)10-25-12-6-7-24-18(8-12)19(21,22)23/h4-9,11,15H,1-3,10H2,(H,24,25). The van der Waals surface area contributed by atoms with Crippen LogP contribution in [0.1, 0.15) is 30.7 Å². The normalized spacial score (nSPS) is 14.5. The molecule has 3 aromatic rings. The lowest BCUT2D eigenvalue weighted by Gasteiger charge is -2.26. The maximum Gasteiger partial charge on any atom is 0.433 e. The number of benzene rings is 1. The quantitative estimate of drug-likeness (QED) is 0.612. The summed E-state index contributed by atoms with van der Waals surface area (Å²) in [4.78, 5) is 3.33. The SMILES string of the molecule is FC(F)(F)c1cc(NCc2cn(-c3ccc(OC4CCC4)c(Cl)c3)nn2)ccn1. The van der Waals surface area contributed by atoms with Crippen molar-refractivity contribution < 1.29 is 17.9 Å². The summed E-state index contributed by atoms with van der Waals surface area (Å²) in [5.74, 6) is 0.639. The average Bonchev–Trinajstić information content (AvgIpc) is 3.12. The summed E-state index contributed by atoms with van der Waals surface area (Å²) in [7, 11) is 0. The highest BCUT2D eigenvalue weighted by molar-refractivity contribution is 6.32. The Bertz CT molecular complexity index is 1000. The van der Waals surface area contributed by atoms with Gasteiger partial charge in [0.15, 0.2) is 0 Å². The van der Waals surface area contributed by atoms with Crippen molar-refractivity contribution in [2.24, 2.45) is 0 Å². The molecule has 0 radical (unpaired) electrons. The second-order valence-corrected chi connectivity index (χ2v) is 7.13. The first-order valence-corrected chi connectivity index (χ1v) is 9.41. The molecule has 4 rings (SSSR count). The van der Waals surface area contributed by atoms with Gasteiger partial charge in [-0.25, -0.2) is 4.68 Å². The number of hydrogen-bond acceptors (Lipinski definition) is 5. The van der Waals surface area contributed by atoms with Crippen molar-refractivity contribution in [3.8, 4) is 11.4 Å². The lowest BCUT2D eigenvalue weighted by Crippen LogP contribution is -2.24. The number of halogens is 4. The van der Waals surface area contributed by atoms with Gasteiger partial charge in [-0.15, -0.1) is 5.10 Å². The van der Waals surface area contributed by atoms with Crippen molar-refractivity contribution >= 4 is 17.3 Å². The van der Waals surface area contributed by atoms with E-state index in [-0.39, 0.29) is 12.6 Å². The third kappa shape index (κ3) is 4.61. The van der Waals surface area contributed by atoms with Gasteiger partial charge in [0.1, 0.15) is 17.1 Å². The molecule has 0 saturated heterocycles. The van der Waals surface area contributed by atoms with Crippen molar-refractivity contribution in [3.05, 3.63) is 59.1 Å². The van der Waals surface area contributed by atoms with Crippen molar-refractivity contribution in [2.75, 3.05) is 5.32 Å². The minimum absolute atomic E-state index is 0.206. The molecule has 0 bridgehead atoms. The van der Waals surface area contributed by atoms with Crippen molar-refractivity contribution in [1.29, 1.82) is 0 Å². The van der Waals surface area contributed by atoms with Gasteiger partial charge in [0.2, 0.25) is 0 Å². The minimum Gasteiger partial charge on any atom is -0.489 e. The zero-order valence-electron chi connectivity index (χ0n) is 15.2. The van der Waals surface area contributed by atoms with Crippen molar-refractivity contribution in [2.45, 2.75) is 38.1 Å². The Labute approximate surface area is 169 Å². The fourth-order valence-corrected chi connectivity index (χ4v) is 3.01. The summed E-state index contributed by atoms with van der Waals surface area (Å²) in [6.07, 6.45) is 1.78. The van der Waals surface area contributed by atoms with E-state index in [4.69, 9.17) is 16.3 Å². The number of pyridine rings is 1. The lowest BCUT2D eigenvalue weighted by molar-refractivity contribution is -0.141. The van der Waals surface area contributed by atoms with Crippen LogP contribution < -0.4 is 10.1 Å². The third-order valence-corrected chi connectivity index (χ3v) is 4.89. The second-order valence-electron chi connectivity index (χ2n) is 6.72. The molecule has 1 N–H and O–H groups in total. The first-order valence-electron chi connectivity index (χ1n) is 9.03. The molecule has 29 heavy (non-hydrogen) atoms. The van der Waals surface area contributed by atoms with Crippen LogP contribution in [0.25, 0.3) is 5.69 Å². The van der Waals surface area contributed by atoms with Gasteiger partial charge in [-0.2, -0.15) is 13.2 Å². The molecule has 10 heteroatoms. The first-order chi connectivity index (χ1) is 13.9. The molecule has 1 saturated carbocycles. The summed E-state index contributed by atoms with van der Waals surface area (Å²) in [5.41, 5.74) is 0.603. The third-order valence-electron chi connectivity index (χ3n) is 4.59. The molecule has 1 aliphatic rings. The smallest absolute Gasteiger partial charge is 0.433 e. The van der Waals surface area contributed by atoms with E-state index in [9.17, 15) is 13.2 Å². The molecule has 2 aromatic heterocycles. The van der Waals surface area contributed by atoms with Crippen LogP contribution in [0.4, 0.5) is 18.9 Å². The van der Waals surface area contributed by atoms with Crippen LogP contribution in [0, 0.1) is 0 Å². The van der Waals surface area contributed by atoms with Gasteiger partial charge < -0.3 is 10.1 Å². The molecular weight excluding hydrogens is 407 g/mol. The molecule has 6 nitrogen and oxygen atoms in total. The zero-order chi connectivity index (χ0) is 20.4. The van der Waals surface area contributed by atoms with Gasteiger partial charge >= 0.3 is 6.18 Å². The van der Waals surface area contributed by atoms with Crippen molar-refractivity contribution in [1.82, 2.24) is 20.0 Å². The fraction of sp³-hybridized carbons (Fsp3) is 0.316. The van der Waals surface area contributed by atoms with E-state index in [0.29, 0.717) is 27.8 Å². The maximum atomic E-state index is 12.7. The zero-order valence-corrected chi connectivity index (χ0v) is 15.9. The number of alkyl halides is 3. The molecule has 0 unspecified atom stereocenters. The molecule has 1 aromatic carbocycles. The number of anilines is 1. The Morgan fingerprint density at radius 2 is 2.03 bits per heavy atom. The van der Waals surface area contributed by atoms with Gasteiger partial charge in [0, 0.05) is 11.9 Å². The number of rotatable bonds is 6. The molecule has 1 aliphatic carbocycles. The Morgan fingerprint density at radius 3 is 2.72 bits per heavy atom. The highest BCUT2D eigenvalue weighted by atomic mass is 35.5. The second kappa shape index (κ2) is 7.90. The van der Waals surface area contributed by atoms with Crippen LogP contribution in [0.5, 0.6) is 5.75 Å². The number of aromatic nitrogens is 4. The van der Waals surface area contributed by atoms with E-state index in [2.05, 4.69) is 20.6 Å². The predicted molar refractivity (Wildman–Crippen MR) is 101 cm³/mol. The van der Waals surface area contributed by atoms with Crippen LogP contribution in [0.3, 0.4) is 0 Å². The van der Waals surface area contributed by atoms with Crippen LogP contribution in [-0.2, 0) is 12.7 Å². The molecule has 152 valence electrons. The van der Waals surface area contributed by atoms with Gasteiger partial charge in [0.25, 0.3) is 0 Å². The van der Waals surface area contributed by atoms with Gasteiger partial charge in [-0.3, -0.25) is 4.98 Å². The van der Waals surface area contributed by atoms with Crippen LogP contribution in [0.15, 0.2) is 42.7 Å². The molecule has 0 atom stereocenters. The molecule has 0 aliphatic heterocycles. The van der Waals surface area contributed by atoms with Crippen LogP contribution >= 0.6 is 11.6 Å². The van der Waals surface area contributed by atoms with E-state index in [1.54, 1.807) is 23.0 Å². The van der Waals surface area contributed by atoms with Crippen molar-refractivity contribution in [3.63, 3.8) is 0 Å². The molecule has 0 spiro atoms. The summed E-state index contributed by atoms with van der Waals surface area (Å²) in [6, 6.07) is 7.76. The topological polar surface area (TPSA) is 64.9 Å². The average molecular weight is 424 g/mol. The number of nitrogens with one attached hydrogen (secondary N) is 1. The Hall–Kier alpha value is -2.81. The van der Waals surface area contributed by atoms with Gasteiger partial charge in [-0.05, 0) is 49.6 Å². The highest BCUT2D eigenvalue weighted by Gasteiger charge is 2.32. The Balaban J connectivity index is 1.41. The molecule has 2 heterocycles. The van der Waals surface area contributed by atoms with E-state index < -0.39 is 11.9 Å². The van der Waals surface area contributed by atoms with Gasteiger partial charge in [0.05, 0.1) is 29.6 Å². The molecule has 1 fully saturated rings. The fourth-order valence-electron chi connectivity index (χ4n) is 2.79.